The minimum absolute atomic E-state index is 0.260. The number of halogens is 4. The molecule has 0 saturated carbocycles. The lowest BCUT2D eigenvalue weighted by Crippen LogP contribution is -2.36. The van der Waals surface area contributed by atoms with E-state index in [4.69, 9.17) is 17.4 Å². The number of amides is 1. The van der Waals surface area contributed by atoms with E-state index in [1.54, 1.807) is 5.32 Å². The molecule has 1 aromatic rings. The van der Waals surface area contributed by atoms with E-state index < -0.39 is 12.1 Å². The largest absolute Gasteiger partial charge is 0.471 e. The van der Waals surface area contributed by atoms with E-state index in [1.807, 2.05) is 0 Å². The van der Waals surface area contributed by atoms with Gasteiger partial charge >= 0.3 is 12.1 Å². The molecule has 4 nitrogen and oxygen atoms in total. The third-order valence-electron chi connectivity index (χ3n) is 1.90. The van der Waals surface area contributed by atoms with Gasteiger partial charge < -0.3 is 10.7 Å². The zero-order valence-corrected chi connectivity index (χ0v) is 9.19. The summed E-state index contributed by atoms with van der Waals surface area (Å²) in [7, 11) is 0. The Morgan fingerprint density at radius 3 is 2.59 bits per heavy atom. The van der Waals surface area contributed by atoms with Gasteiger partial charge in [-0.1, -0.05) is 17.7 Å². The maximum absolute atomic E-state index is 11.9. The van der Waals surface area contributed by atoms with E-state index in [0.29, 0.717) is 16.3 Å². The monoisotopic (exact) mass is 267 g/mol. The standard InChI is InChI=1S/C9H9ClF3N3O/c10-6-2-1-5(3-7(6)16-14)4-15-8(17)9(11,12)13/h1-3,16H,4,14H2,(H,15,17). The third-order valence-corrected chi connectivity index (χ3v) is 2.23. The molecule has 0 aliphatic rings. The molecular formula is C9H9ClF3N3O. The Kier molecular flexibility index (Phi) is 4.19. The van der Waals surface area contributed by atoms with E-state index in [9.17, 15) is 18.0 Å². The van der Waals surface area contributed by atoms with Gasteiger partial charge in [0, 0.05) is 6.54 Å². The first-order valence-corrected chi connectivity index (χ1v) is 4.82. The molecule has 0 heterocycles. The molecule has 0 aromatic heterocycles. The van der Waals surface area contributed by atoms with Crippen LogP contribution in [0.2, 0.25) is 5.02 Å². The van der Waals surface area contributed by atoms with Gasteiger partial charge in [0.05, 0.1) is 10.7 Å². The highest BCUT2D eigenvalue weighted by Crippen LogP contribution is 2.22. The number of carbonyl (C=O) groups is 1. The van der Waals surface area contributed by atoms with E-state index in [0.717, 1.165) is 0 Å². The quantitative estimate of drug-likeness (QED) is 0.578. The van der Waals surface area contributed by atoms with Crippen molar-refractivity contribution in [2.45, 2.75) is 12.7 Å². The number of benzene rings is 1. The van der Waals surface area contributed by atoms with Crippen molar-refractivity contribution in [2.75, 3.05) is 5.43 Å². The molecule has 1 rings (SSSR count). The van der Waals surface area contributed by atoms with Crippen molar-refractivity contribution < 1.29 is 18.0 Å². The van der Waals surface area contributed by atoms with Crippen LogP contribution in [0.1, 0.15) is 5.56 Å². The number of hydrogen-bond donors (Lipinski definition) is 3. The molecule has 0 bridgehead atoms. The third kappa shape index (κ3) is 3.79. The fraction of sp³-hybridized carbons (Fsp3) is 0.222. The van der Waals surface area contributed by atoms with Crippen molar-refractivity contribution in [3.05, 3.63) is 28.8 Å². The Morgan fingerprint density at radius 1 is 1.41 bits per heavy atom. The SMILES string of the molecule is NNc1cc(CNC(=O)C(F)(F)F)ccc1Cl. The smallest absolute Gasteiger partial charge is 0.344 e. The summed E-state index contributed by atoms with van der Waals surface area (Å²) in [5, 5.41) is 2.07. The molecule has 0 unspecified atom stereocenters. The maximum atomic E-state index is 11.9. The minimum atomic E-state index is -4.89. The normalized spacial score (nSPS) is 11.1. The predicted octanol–water partition coefficient (Wildman–Crippen LogP) is 1.80. The Labute approximate surface area is 99.9 Å². The molecule has 0 fully saturated rings. The summed E-state index contributed by atoms with van der Waals surface area (Å²) in [6.07, 6.45) is -4.89. The van der Waals surface area contributed by atoms with Crippen LogP contribution in [-0.2, 0) is 11.3 Å². The molecule has 0 spiro atoms. The number of carbonyl (C=O) groups excluding carboxylic acids is 1. The Hall–Kier alpha value is -1.47. The van der Waals surface area contributed by atoms with Gasteiger partial charge in [0.25, 0.3) is 0 Å². The molecule has 0 saturated heterocycles. The number of hydrogen-bond acceptors (Lipinski definition) is 3. The van der Waals surface area contributed by atoms with Crippen LogP contribution < -0.4 is 16.6 Å². The van der Waals surface area contributed by atoms with Gasteiger partial charge in [0.2, 0.25) is 0 Å². The average Bonchev–Trinajstić information content (AvgIpc) is 2.26. The molecule has 0 aliphatic carbocycles. The summed E-state index contributed by atoms with van der Waals surface area (Å²) in [5.74, 6) is 3.15. The van der Waals surface area contributed by atoms with Crippen LogP contribution in [0.4, 0.5) is 18.9 Å². The van der Waals surface area contributed by atoms with Gasteiger partial charge in [0.15, 0.2) is 0 Å². The Balaban J connectivity index is 2.67. The van der Waals surface area contributed by atoms with E-state index in [2.05, 4.69) is 5.43 Å². The summed E-state index contributed by atoms with van der Waals surface area (Å²) >= 11 is 5.72. The second kappa shape index (κ2) is 5.24. The van der Waals surface area contributed by atoms with Crippen molar-refractivity contribution >= 4 is 23.2 Å². The molecule has 8 heteroatoms. The molecule has 0 aliphatic heterocycles. The predicted molar refractivity (Wildman–Crippen MR) is 57.2 cm³/mol. The van der Waals surface area contributed by atoms with Gasteiger partial charge in [-0.05, 0) is 17.7 Å². The van der Waals surface area contributed by atoms with Gasteiger partial charge in [0.1, 0.15) is 0 Å². The van der Waals surface area contributed by atoms with Crippen molar-refractivity contribution in [1.82, 2.24) is 5.32 Å². The first-order chi connectivity index (χ1) is 7.84. The van der Waals surface area contributed by atoms with Gasteiger partial charge in [-0.3, -0.25) is 10.6 Å². The second-order valence-electron chi connectivity index (χ2n) is 3.14. The van der Waals surface area contributed by atoms with Crippen LogP contribution in [0.3, 0.4) is 0 Å². The molecule has 1 aromatic carbocycles. The van der Waals surface area contributed by atoms with Gasteiger partial charge in [-0.2, -0.15) is 13.2 Å². The highest BCUT2D eigenvalue weighted by Gasteiger charge is 2.38. The zero-order valence-electron chi connectivity index (χ0n) is 8.44. The average molecular weight is 268 g/mol. The molecule has 0 atom stereocenters. The molecule has 94 valence electrons. The fourth-order valence-electron chi connectivity index (χ4n) is 1.08. The minimum Gasteiger partial charge on any atom is -0.344 e. The lowest BCUT2D eigenvalue weighted by molar-refractivity contribution is -0.173. The van der Waals surface area contributed by atoms with Crippen LogP contribution in [0.25, 0.3) is 0 Å². The van der Waals surface area contributed by atoms with Crippen molar-refractivity contribution in [3.8, 4) is 0 Å². The summed E-state index contributed by atoms with van der Waals surface area (Å²) in [4.78, 5) is 10.6. The van der Waals surface area contributed by atoms with E-state index in [1.165, 1.54) is 18.2 Å². The highest BCUT2D eigenvalue weighted by atomic mass is 35.5. The van der Waals surface area contributed by atoms with Crippen molar-refractivity contribution in [3.63, 3.8) is 0 Å². The number of nitrogen functional groups attached to an aromatic ring is 1. The van der Waals surface area contributed by atoms with Crippen LogP contribution in [-0.4, -0.2) is 12.1 Å². The zero-order chi connectivity index (χ0) is 13.1. The van der Waals surface area contributed by atoms with Crippen molar-refractivity contribution in [1.29, 1.82) is 0 Å². The highest BCUT2D eigenvalue weighted by molar-refractivity contribution is 6.33. The van der Waals surface area contributed by atoms with Crippen molar-refractivity contribution in [2.24, 2.45) is 5.84 Å². The topological polar surface area (TPSA) is 67.2 Å². The molecule has 0 radical (unpaired) electrons. The molecule has 4 N–H and O–H groups in total. The summed E-state index contributed by atoms with van der Waals surface area (Å²) in [6.45, 7) is -0.260. The van der Waals surface area contributed by atoms with Crippen LogP contribution >= 0.6 is 11.6 Å². The fourth-order valence-corrected chi connectivity index (χ4v) is 1.25. The number of alkyl halides is 3. The van der Waals surface area contributed by atoms with E-state index in [-0.39, 0.29) is 6.54 Å². The first-order valence-electron chi connectivity index (χ1n) is 4.44. The molecule has 17 heavy (non-hydrogen) atoms. The Morgan fingerprint density at radius 2 is 2.06 bits per heavy atom. The second-order valence-corrected chi connectivity index (χ2v) is 3.55. The van der Waals surface area contributed by atoms with Crippen LogP contribution in [0, 0.1) is 0 Å². The Bertz CT molecular complexity index is 422. The van der Waals surface area contributed by atoms with Crippen LogP contribution in [0.15, 0.2) is 18.2 Å². The first kappa shape index (κ1) is 13.6. The lowest BCUT2D eigenvalue weighted by Gasteiger charge is -2.09. The molecular weight excluding hydrogens is 259 g/mol. The number of nitrogens with two attached hydrogens (primary N) is 1. The van der Waals surface area contributed by atoms with Gasteiger partial charge in [-0.15, -0.1) is 0 Å². The molecule has 1 amide bonds. The number of anilines is 1. The van der Waals surface area contributed by atoms with E-state index >= 15 is 0 Å². The number of hydrazine groups is 1. The summed E-state index contributed by atoms with van der Waals surface area (Å²) in [6, 6.07) is 4.39. The van der Waals surface area contributed by atoms with Gasteiger partial charge in [-0.25, -0.2) is 0 Å². The maximum Gasteiger partial charge on any atom is 0.471 e. The summed E-state index contributed by atoms with van der Waals surface area (Å²) < 4.78 is 35.7. The number of rotatable bonds is 3. The number of nitrogens with one attached hydrogen (secondary N) is 2. The van der Waals surface area contributed by atoms with Crippen LogP contribution in [0.5, 0.6) is 0 Å². The summed E-state index contributed by atoms with van der Waals surface area (Å²) in [5.41, 5.74) is 3.10. The lowest BCUT2D eigenvalue weighted by atomic mass is 10.2.